The molecule has 1 saturated carbocycles. The fourth-order valence-electron chi connectivity index (χ4n) is 6.86. The summed E-state index contributed by atoms with van der Waals surface area (Å²) in [5.41, 5.74) is 4.03. The van der Waals surface area contributed by atoms with Gasteiger partial charge in [-0.2, -0.15) is 4.39 Å². The monoisotopic (exact) mass is 724 g/mol. The van der Waals surface area contributed by atoms with Crippen LogP contribution in [-0.2, 0) is 22.6 Å². The summed E-state index contributed by atoms with van der Waals surface area (Å²) in [6.45, 7) is 1.41. The summed E-state index contributed by atoms with van der Waals surface area (Å²) in [5.74, 6) is -5.32. The molecule has 0 spiro atoms. The van der Waals surface area contributed by atoms with Crippen LogP contribution in [0.4, 0.5) is 18.0 Å². The fraction of sp³-hybridized carbons (Fsp3) is 0.395. The summed E-state index contributed by atoms with van der Waals surface area (Å²) in [4.78, 5) is 43.1. The number of nitrogens with zero attached hydrogens (tertiary/aromatic N) is 2. The highest BCUT2D eigenvalue weighted by Crippen LogP contribution is 2.40. The van der Waals surface area contributed by atoms with E-state index in [1.807, 2.05) is 47.4 Å². The van der Waals surface area contributed by atoms with Crippen molar-refractivity contribution in [2.75, 3.05) is 26.2 Å². The van der Waals surface area contributed by atoms with Crippen LogP contribution in [0.5, 0.6) is 5.75 Å². The van der Waals surface area contributed by atoms with Gasteiger partial charge in [0, 0.05) is 49.2 Å². The highest BCUT2D eigenvalue weighted by molar-refractivity contribution is 6.31. The third-order valence-electron chi connectivity index (χ3n) is 9.56. The number of ether oxygens (including phenoxy) is 1. The van der Waals surface area contributed by atoms with Crippen molar-refractivity contribution in [2.45, 2.75) is 69.6 Å². The molecule has 3 aromatic carbocycles. The van der Waals surface area contributed by atoms with Crippen LogP contribution >= 0.6 is 11.6 Å². The largest absolute Gasteiger partial charge is 0.488 e. The van der Waals surface area contributed by atoms with Gasteiger partial charge in [-0.3, -0.25) is 9.59 Å². The van der Waals surface area contributed by atoms with Gasteiger partial charge in [0.15, 0.2) is 17.4 Å². The summed E-state index contributed by atoms with van der Waals surface area (Å²) in [7, 11) is 0. The van der Waals surface area contributed by atoms with E-state index in [4.69, 9.17) is 21.4 Å². The minimum Gasteiger partial charge on any atom is -0.488 e. The molecule has 2 bridgehead atoms. The number of halogens is 4. The lowest BCUT2D eigenvalue weighted by atomic mass is 9.81. The Hall–Kier alpha value is -4.55. The number of aliphatic carboxylic acids is 1. The fourth-order valence-corrected chi connectivity index (χ4v) is 7.05. The number of carboxylic acids is 1. The van der Waals surface area contributed by atoms with Gasteiger partial charge < -0.3 is 30.3 Å². The number of urea groups is 1. The van der Waals surface area contributed by atoms with E-state index in [1.165, 1.54) is 0 Å². The first kappa shape index (κ1) is 36.2. The smallest absolute Gasteiger partial charge is 0.318 e. The van der Waals surface area contributed by atoms with Gasteiger partial charge in [0.25, 0.3) is 5.91 Å². The van der Waals surface area contributed by atoms with Crippen LogP contribution in [0.15, 0.2) is 66.2 Å². The number of carbonyl (C=O) groups excluding carboxylic acids is 2. The standard InChI is InChI=1S/C38H40ClF3N4O5/c39-29-7-2-1-6-25(29)22-45(26-13-14-26)37(49)34-28(19-27-20-43-21-32(34)46(27)38(50)44-17-3-8-33(47)48)24-11-9-23(10-12-24)5-4-18-51-36-31(41)16-15-30(40)35(36)42/h1-2,6-7,9-12,15-16,26-27,32,43H,3-5,8,13-14,17-22H2,(H,44,50)(H,47,48)/t27-,32-/m1/s1. The van der Waals surface area contributed by atoms with Crippen LogP contribution in [0.25, 0.3) is 5.57 Å². The Morgan fingerprint density at radius 2 is 1.73 bits per heavy atom. The first-order valence-electron chi connectivity index (χ1n) is 17.2. The molecule has 13 heteroatoms. The average molecular weight is 725 g/mol. The van der Waals surface area contributed by atoms with Gasteiger partial charge in [-0.15, -0.1) is 0 Å². The van der Waals surface area contributed by atoms with Crippen molar-refractivity contribution in [1.29, 1.82) is 0 Å². The number of nitrogens with one attached hydrogen (secondary N) is 2. The third kappa shape index (κ3) is 8.50. The van der Waals surface area contributed by atoms with Crippen molar-refractivity contribution in [2.24, 2.45) is 0 Å². The molecule has 2 heterocycles. The number of benzene rings is 3. The molecule has 51 heavy (non-hydrogen) atoms. The molecule has 0 aromatic heterocycles. The Balaban J connectivity index is 1.25. The molecule has 3 N–H and O–H groups in total. The van der Waals surface area contributed by atoms with E-state index < -0.39 is 35.2 Å². The second kappa shape index (κ2) is 16.2. The Labute approximate surface area is 299 Å². The predicted molar refractivity (Wildman–Crippen MR) is 186 cm³/mol. The molecule has 3 amide bonds. The van der Waals surface area contributed by atoms with Crippen LogP contribution in [-0.4, -0.2) is 77.2 Å². The van der Waals surface area contributed by atoms with E-state index in [1.54, 1.807) is 11.0 Å². The molecule has 270 valence electrons. The normalized spacial score (nSPS) is 18.4. The molecule has 2 fully saturated rings. The van der Waals surface area contributed by atoms with Crippen molar-refractivity contribution in [3.63, 3.8) is 0 Å². The molecular weight excluding hydrogens is 685 g/mol. The summed E-state index contributed by atoms with van der Waals surface area (Å²) in [6, 6.07) is 15.7. The number of hydrogen-bond acceptors (Lipinski definition) is 5. The van der Waals surface area contributed by atoms with E-state index in [2.05, 4.69) is 10.6 Å². The third-order valence-corrected chi connectivity index (χ3v) is 9.93. The number of fused-ring (bicyclic) bond motifs is 2. The maximum Gasteiger partial charge on any atom is 0.318 e. The number of carboxylic acid groups (broad SMARTS) is 1. The van der Waals surface area contributed by atoms with E-state index in [0.717, 1.165) is 41.2 Å². The number of piperazine rings is 1. The number of amides is 3. The van der Waals surface area contributed by atoms with Gasteiger partial charge in [-0.1, -0.05) is 54.1 Å². The van der Waals surface area contributed by atoms with Crippen LogP contribution in [0.1, 0.15) is 55.2 Å². The Morgan fingerprint density at radius 3 is 2.45 bits per heavy atom. The highest BCUT2D eigenvalue weighted by atomic mass is 35.5. The molecule has 1 aliphatic carbocycles. The Kier molecular flexibility index (Phi) is 11.5. The molecule has 1 saturated heterocycles. The minimum atomic E-state index is -1.35. The van der Waals surface area contributed by atoms with Gasteiger partial charge in [-0.25, -0.2) is 13.6 Å². The summed E-state index contributed by atoms with van der Waals surface area (Å²) < 4.78 is 46.7. The molecule has 3 aromatic rings. The van der Waals surface area contributed by atoms with E-state index in [9.17, 15) is 27.6 Å². The zero-order chi connectivity index (χ0) is 36.1. The van der Waals surface area contributed by atoms with Crippen molar-refractivity contribution >= 4 is 35.1 Å². The zero-order valence-electron chi connectivity index (χ0n) is 28.0. The van der Waals surface area contributed by atoms with Gasteiger partial charge >= 0.3 is 12.0 Å². The highest BCUT2D eigenvalue weighted by Gasteiger charge is 2.46. The molecular formula is C38H40ClF3N4O5. The summed E-state index contributed by atoms with van der Waals surface area (Å²) in [6.07, 6.45) is 3.35. The van der Waals surface area contributed by atoms with E-state index >= 15 is 0 Å². The Morgan fingerprint density at radius 1 is 0.980 bits per heavy atom. The van der Waals surface area contributed by atoms with Crippen molar-refractivity contribution in [3.8, 4) is 5.75 Å². The Bertz CT molecular complexity index is 1800. The topological polar surface area (TPSA) is 111 Å². The number of hydrogen-bond donors (Lipinski definition) is 3. The molecule has 9 nitrogen and oxygen atoms in total. The van der Waals surface area contributed by atoms with Gasteiger partial charge in [0.05, 0.1) is 18.7 Å². The maximum absolute atomic E-state index is 14.8. The number of rotatable bonds is 14. The SMILES string of the molecule is O=C(O)CCCNC(=O)N1[C@H]2CNC[C@@H]1C(C(=O)N(Cc1ccccc1Cl)C1CC1)=C(c1ccc(CCCOc3c(F)ccc(F)c3F)cc1)C2. The number of aryl methyl sites for hydroxylation is 1. The van der Waals surface area contributed by atoms with Crippen LogP contribution < -0.4 is 15.4 Å². The van der Waals surface area contributed by atoms with E-state index in [-0.39, 0.29) is 43.6 Å². The summed E-state index contributed by atoms with van der Waals surface area (Å²) in [5, 5.41) is 15.9. The van der Waals surface area contributed by atoms with Crippen molar-refractivity contribution in [3.05, 3.63) is 105 Å². The summed E-state index contributed by atoms with van der Waals surface area (Å²) >= 11 is 6.53. The molecule has 2 aliphatic heterocycles. The van der Waals surface area contributed by atoms with Crippen molar-refractivity contribution < 1.29 is 37.4 Å². The average Bonchev–Trinajstić information content (AvgIpc) is 3.96. The second-order valence-electron chi connectivity index (χ2n) is 13.1. The predicted octanol–water partition coefficient (Wildman–Crippen LogP) is 6.33. The first-order chi connectivity index (χ1) is 24.6. The van der Waals surface area contributed by atoms with Gasteiger partial charge in [0.2, 0.25) is 5.82 Å². The maximum atomic E-state index is 14.8. The lowest BCUT2D eigenvalue weighted by molar-refractivity contribution is -0.137. The molecule has 0 unspecified atom stereocenters. The lowest BCUT2D eigenvalue weighted by Gasteiger charge is -2.48. The quantitative estimate of drug-likeness (QED) is 0.132. The zero-order valence-corrected chi connectivity index (χ0v) is 28.7. The molecule has 0 radical (unpaired) electrons. The van der Waals surface area contributed by atoms with E-state index in [0.29, 0.717) is 62.0 Å². The molecule has 3 aliphatic rings. The van der Waals surface area contributed by atoms with Crippen molar-refractivity contribution in [1.82, 2.24) is 20.4 Å². The van der Waals surface area contributed by atoms with Crippen LogP contribution in [0.2, 0.25) is 5.02 Å². The van der Waals surface area contributed by atoms with Crippen LogP contribution in [0, 0.1) is 17.5 Å². The molecule has 2 atom stereocenters. The lowest BCUT2D eigenvalue weighted by Crippen LogP contribution is -2.65. The van der Waals surface area contributed by atoms with Gasteiger partial charge in [-0.05, 0) is 79.0 Å². The molecule has 6 rings (SSSR count). The van der Waals surface area contributed by atoms with Gasteiger partial charge in [0.1, 0.15) is 0 Å². The second-order valence-corrected chi connectivity index (χ2v) is 13.5. The number of carbonyl (C=O) groups is 3. The van der Waals surface area contributed by atoms with Crippen LogP contribution in [0.3, 0.4) is 0 Å². The first-order valence-corrected chi connectivity index (χ1v) is 17.6. The minimum absolute atomic E-state index is 0.0180.